The van der Waals surface area contributed by atoms with E-state index in [9.17, 15) is 14.7 Å². The van der Waals surface area contributed by atoms with Crippen LogP contribution < -0.4 is 10.2 Å². The van der Waals surface area contributed by atoms with E-state index in [1.165, 1.54) is 6.21 Å². The molecule has 0 aliphatic carbocycles. The van der Waals surface area contributed by atoms with E-state index in [1.54, 1.807) is 19.1 Å². The highest BCUT2D eigenvalue weighted by atomic mass is 16.3. The summed E-state index contributed by atoms with van der Waals surface area (Å²) in [6.45, 7) is 7.45. The lowest BCUT2D eigenvalue weighted by Crippen LogP contribution is -2.44. The Kier molecular flexibility index (Phi) is 6.40. The molecule has 30 heavy (non-hydrogen) atoms. The van der Waals surface area contributed by atoms with Crippen LogP contribution in [0.4, 0.5) is 10.5 Å². The molecule has 0 aromatic heterocycles. The average Bonchev–Trinajstić information content (AvgIpc) is 2.96. The summed E-state index contributed by atoms with van der Waals surface area (Å²) in [5.74, 6) is -0.360. The van der Waals surface area contributed by atoms with Crippen molar-refractivity contribution in [3.8, 4) is 5.75 Å². The maximum Gasteiger partial charge on any atom is 0.346 e. The molecule has 1 aliphatic rings. The van der Waals surface area contributed by atoms with E-state index in [1.807, 2.05) is 50.2 Å². The maximum atomic E-state index is 12.8. The van der Waals surface area contributed by atoms with Crippen molar-refractivity contribution in [3.63, 3.8) is 0 Å². The molecule has 3 rings (SSSR count). The van der Waals surface area contributed by atoms with Gasteiger partial charge < -0.3 is 15.3 Å². The second-order valence-corrected chi connectivity index (χ2v) is 7.52. The van der Waals surface area contributed by atoms with Crippen LogP contribution in [-0.2, 0) is 11.2 Å². The number of hydrazone groups is 1. The highest BCUT2D eigenvalue weighted by Crippen LogP contribution is 2.26. The number of benzene rings is 2. The lowest BCUT2D eigenvalue weighted by Gasteiger charge is -2.21. The summed E-state index contributed by atoms with van der Waals surface area (Å²) in [4.78, 5) is 27.3. The van der Waals surface area contributed by atoms with Crippen molar-refractivity contribution in [2.75, 3.05) is 18.0 Å². The molecular formula is C23H28N4O3. The number of nitrogens with zero attached hydrogens (tertiary/aromatic N) is 3. The number of phenols is 1. The van der Waals surface area contributed by atoms with Gasteiger partial charge in [-0.05, 0) is 51.3 Å². The SMILES string of the molecule is CCN(CC)c1ccc(/C=N/N2C(=O)N[C@](C)(CCc3ccccc3)C2=O)c(O)c1. The largest absolute Gasteiger partial charge is 0.507 e. The molecule has 0 saturated carbocycles. The number of hydrogen-bond acceptors (Lipinski definition) is 5. The number of aryl methyl sites for hydroxylation is 1. The first-order valence-electron chi connectivity index (χ1n) is 10.2. The fraction of sp³-hybridized carbons (Fsp3) is 0.348. The van der Waals surface area contributed by atoms with Crippen LogP contribution >= 0.6 is 0 Å². The van der Waals surface area contributed by atoms with Gasteiger partial charge >= 0.3 is 6.03 Å². The van der Waals surface area contributed by atoms with Crippen molar-refractivity contribution in [1.29, 1.82) is 0 Å². The average molecular weight is 409 g/mol. The molecule has 2 aromatic carbocycles. The van der Waals surface area contributed by atoms with Crippen LogP contribution in [0.15, 0.2) is 53.6 Å². The van der Waals surface area contributed by atoms with Crippen molar-refractivity contribution in [1.82, 2.24) is 10.3 Å². The molecule has 2 aromatic rings. The third-order valence-corrected chi connectivity index (χ3v) is 5.45. The number of urea groups is 1. The van der Waals surface area contributed by atoms with Crippen LogP contribution in [0, 0.1) is 0 Å². The molecule has 0 spiro atoms. The van der Waals surface area contributed by atoms with Crippen LogP contribution in [0.1, 0.15) is 38.3 Å². The van der Waals surface area contributed by atoms with E-state index in [4.69, 9.17) is 0 Å². The normalized spacial score (nSPS) is 18.8. The first-order chi connectivity index (χ1) is 14.4. The van der Waals surface area contributed by atoms with E-state index >= 15 is 0 Å². The van der Waals surface area contributed by atoms with Gasteiger partial charge in [-0.3, -0.25) is 4.79 Å². The van der Waals surface area contributed by atoms with Gasteiger partial charge in [0.2, 0.25) is 0 Å². The smallest absolute Gasteiger partial charge is 0.346 e. The third kappa shape index (κ3) is 4.45. The number of imide groups is 1. The Labute approximate surface area is 177 Å². The number of anilines is 1. The van der Waals surface area contributed by atoms with Crippen LogP contribution in [-0.4, -0.2) is 46.9 Å². The zero-order valence-electron chi connectivity index (χ0n) is 17.6. The Bertz CT molecular complexity index is 941. The molecule has 0 unspecified atom stereocenters. The number of aromatic hydroxyl groups is 1. The van der Waals surface area contributed by atoms with Crippen LogP contribution in [0.5, 0.6) is 5.75 Å². The third-order valence-electron chi connectivity index (χ3n) is 5.45. The molecule has 1 fully saturated rings. The van der Waals surface area contributed by atoms with E-state index in [-0.39, 0.29) is 5.75 Å². The molecule has 1 aliphatic heterocycles. The van der Waals surface area contributed by atoms with Gasteiger partial charge in [0.25, 0.3) is 5.91 Å². The summed E-state index contributed by atoms with van der Waals surface area (Å²) >= 11 is 0. The fourth-order valence-corrected chi connectivity index (χ4v) is 3.53. The first-order valence-corrected chi connectivity index (χ1v) is 10.2. The number of amides is 3. The predicted octanol–water partition coefficient (Wildman–Crippen LogP) is 3.52. The minimum Gasteiger partial charge on any atom is -0.507 e. The van der Waals surface area contributed by atoms with Crippen LogP contribution in [0.3, 0.4) is 0 Å². The van der Waals surface area contributed by atoms with E-state index in [0.717, 1.165) is 29.3 Å². The highest BCUT2D eigenvalue weighted by molar-refractivity contribution is 6.07. The quantitative estimate of drug-likeness (QED) is 0.517. The molecule has 2 N–H and O–H groups in total. The molecule has 0 bridgehead atoms. The highest BCUT2D eigenvalue weighted by Gasteiger charge is 2.47. The standard InChI is InChI=1S/C23H28N4O3/c1-4-26(5-2)19-12-11-18(20(28)15-19)16-24-27-21(29)23(3,25-22(27)30)14-13-17-9-7-6-8-10-17/h6-12,15-16,28H,4-5,13-14H2,1-3H3,(H,25,30)/b24-16+/t23-/m1/s1. The number of rotatable bonds is 8. The topological polar surface area (TPSA) is 85.2 Å². The Morgan fingerprint density at radius 2 is 1.83 bits per heavy atom. The molecular weight excluding hydrogens is 380 g/mol. The minimum absolute atomic E-state index is 0.0436. The van der Waals surface area contributed by atoms with Crippen molar-refractivity contribution < 1.29 is 14.7 Å². The van der Waals surface area contributed by atoms with Gasteiger partial charge in [0.15, 0.2) is 0 Å². The van der Waals surface area contributed by atoms with Gasteiger partial charge in [0, 0.05) is 30.4 Å². The number of carbonyl (C=O) groups is 2. The monoisotopic (exact) mass is 408 g/mol. The predicted molar refractivity (Wildman–Crippen MR) is 118 cm³/mol. The molecule has 0 radical (unpaired) electrons. The van der Waals surface area contributed by atoms with Gasteiger partial charge in [0.1, 0.15) is 11.3 Å². The first kappa shape index (κ1) is 21.4. The summed E-state index contributed by atoms with van der Waals surface area (Å²) < 4.78 is 0. The van der Waals surface area contributed by atoms with Crippen molar-refractivity contribution in [3.05, 3.63) is 59.7 Å². The van der Waals surface area contributed by atoms with E-state index < -0.39 is 17.5 Å². The van der Waals surface area contributed by atoms with Gasteiger partial charge in [-0.2, -0.15) is 5.10 Å². The molecule has 7 nitrogen and oxygen atoms in total. The molecule has 1 atom stereocenters. The van der Waals surface area contributed by atoms with E-state index in [0.29, 0.717) is 18.4 Å². The van der Waals surface area contributed by atoms with Gasteiger partial charge in [-0.25, -0.2) is 4.79 Å². The molecule has 7 heteroatoms. The zero-order chi connectivity index (χ0) is 21.7. The van der Waals surface area contributed by atoms with E-state index in [2.05, 4.69) is 15.3 Å². The molecule has 1 saturated heterocycles. The lowest BCUT2D eigenvalue weighted by atomic mass is 9.93. The van der Waals surface area contributed by atoms with Crippen LogP contribution in [0.2, 0.25) is 0 Å². The second-order valence-electron chi connectivity index (χ2n) is 7.52. The summed E-state index contributed by atoms with van der Waals surface area (Å²) in [7, 11) is 0. The zero-order valence-corrected chi connectivity index (χ0v) is 17.6. The number of nitrogens with one attached hydrogen (secondary N) is 1. The summed E-state index contributed by atoms with van der Waals surface area (Å²) in [5, 5.41) is 18.0. The van der Waals surface area contributed by atoms with Crippen molar-refractivity contribution in [2.24, 2.45) is 5.10 Å². The Balaban J connectivity index is 1.71. The summed E-state index contributed by atoms with van der Waals surface area (Å²) in [6.07, 6.45) is 2.47. The minimum atomic E-state index is -1.01. The lowest BCUT2D eigenvalue weighted by molar-refractivity contribution is -0.130. The fourth-order valence-electron chi connectivity index (χ4n) is 3.53. The summed E-state index contributed by atoms with van der Waals surface area (Å²) in [6, 6.07) is 14.5. The van der Waals surface area contributed by atoms with Gasteiger partial charge in [0.05, 0.1) is 6.21 Å². The molecule has 1 heterocycles. The Morgan fingerprint density at radius 3 is 2.47 bits per heavy atom. The van der Waals surface area contributed by atoms with Gasteiger partial charge in [-0.1, -0.05) is 30.3 Å². The summed E-state index contributed by atoms with van der Waals surface area (Å²) in [5.41, 5.74) is 1.42. The van der Waals surface area contributed by atoms with Gasteiger partial charge in [-0.15, -0.1) is 5.01 Å². The number of phenolic OH excluding ortho intramolecular Hbond substituents is 1. The second kappa shape index (κ2) is 8.98. The number of carbonyl (C=O) groups excluding carboxylic acids is 2. The van der Waals surface area contributed by atoms with Crippen molar-refractivity contribution >= 4 is 23.8 Å². The number of hydrogen-bond donors (Lipinski definition) is 2. The Hall–Kier alpha value is -3.35. The van der Waals surface area contributed by atoms with Crippen LogP contribution in [0.25, 0.3) is 0 Å². The molecule has 3 amide bonds. The maximum absolute atomic E-state index is 12.8. The Morgan fingerprint density at radius 1 is 1.13 bits per heavy atom. The van der Waals surface area contributed by atoms with Crippen molar-refractivity contribution in [2.45, 2.75) is 39.2 Å². The molecule has 158 valence electrons.